The Kier molecular flexibility index (Phi) is 33.9. The third-order valence-electron chi connectivity index (χ3n) is 10.5. The van der Waals surface area contributed by atoms with Crippen molar-refractivity contribution in [1.82, 2.24) is 4.90 Å². The van der Waals surface area contributed by atoms with Crippen LogP contribution in [0.5, 0.6) is 0 Å². The van der Waals surface area contributed by atoms with Gasteiger partial charge in [-0.05, 0) is 26.2 Å². The molecule has 2 nitrogen and oxygen atoms in total. The first-order valence-electron chi connectivity index (χ1n) is 20.6. The molecule has 3 heteroatoms. The molecule has 0 aromatic heterocycles. The Bertz CT molecular complexity index is 603. The van der Waals surface area contributed by atoms with Crippen LogP contribution in [0.25, 0.3) is 0 Å². The van der Waals surface area contributed by atoms with E-state index in [-0.39, 0.29) is 12.4 Å². The van der Waals surface area contributed by atoms with Crippen molar-refractivity contribution in [2.75, 3.05) is 20.1 Å². The van der Waals surface area contributed by atoms with Crippen molar-refractivity contribution in [2.45, 2.75) is 239 Å². The van der Waals surface area contributed by atoms with Gasteiger partial charge in [0.2, 0.25) is 5.84 Å². The molecule has 0 saturated carbocycles. The number of halogens is 1. The van der Waals surface area contributed by atoms with Gasteiger partial charge in [-0.15, -0.1) is 0 Å². The SMILES string of the molecule is CCCCCCCCCCCCCCCCCCC1CN(CC)C(CCCCCCCCCCCCCCCCC)=[N+]1C.[Cl-]. The van der Waals surface area contributed by atoms with Gasteiger partial charge in [-0.1, -0.05) is 200 Å². The molecule has 1 heterocycles. The van der Waals surface area contributed by atoms with Crippen LogP contribution in [0.3, 0.4) is 0 Å². The smallest absolute Gasteiger partial charge is 0.247 e. The van der Waals surface area contributed by atoms with E-state index >= 15 is 0 Å². The zero-order valence-corrected chi connectivity index (χ0v) is 31.9. The normalized spacial score (nSPS) is 15.0. The molecule has 0 aliphatic carbocycles. The molecular weight excluding hydrogens is 556 g/mol. The van der Waals surface area contributed by atoms with E-state index in [0.29, 0.717) is 0 Å². The zero-order chi connectivity index (χ0) is 31.1. The average molecular weight is 640 g/mol. The third kappa shape index (κ3) is 24.9. The van der Waals surface area contributed by atoms with Crippen LogP contribution in [0, 0.1) is 0 Å². The lowest BCUT2D eigenvalue weighted by molar-refractivity contribution is -0.529. The van der Waals surface area contributed by atoms with Crippen LogP contribution < -0.4 is 12.4 Å². The van der Waals surface area contributed by atoms with E-state index in [2.05, 4.69) is 37.3 Å². The van der Waals surface area contributed by atoms with Crippen LogP contribution in [0.4, 0.5) is 0 Å². The van der Waals surface area contributed by atoms with Gasteiger partial charge in [-0.2, -0.15) is 0 Å². The first-order chi connectivity index (χ1) is 21.2. The molecule has 1 aliphatic heterocycles. The van der Waals surface area contributed by atoms with Gasteiger partial charge in [0.25, 0.3) is 0 Å². The molecule has 0 aromatic carbocycles. The fraction of sp³-hybridized carbons (Fsp3) is 0.976. The molecule has 1 rings (SSSR count). The van der Waals surface area contributed by atoms with Gasteiger partial charge < -0.3 is 12.4 Å². The number of likely N-dealkylation sites (N-methyl/N-ethyl adjacent to an activating group) is 2. The van der Waals surface area contributed by atoms with Gasteiger partial charge >= 0.3 is 0 Å². The molecule has 0 fully saturated rings. The van der Waals surface area contributed by atoms with Crippen LogP contribution in [0.15, 0.2) is 0 Å². The lowest BCUT2D eigenvalue weighted by atomic mass is 10.0. The zero-order valence-electron chi connectivity index (χ0n) is 31.1. The quantitative estimate of drug-likeness (QED) is 0.0502. The molecule has 0 radical (unpaired) electrons. The van der Waals surface area contributed by atoms with Crippen molar-refractivity contribution in [3.8, 4) is 0 Å². The summed E-state index contributed by atoms with van der Waals surface area (Å²) < 4.78 is 2.68. The largest absolute Gasteiger partial charge is 1.00 e. The third-order valence-corrected chi connectivity index (χ3v) is 10.5. The summed E-state index contributed by atoms with van der Waals surface area (Å²) in [7, 11) is 2.40. The van der Waals surface area contributed by atoms with Gasteiger partial charge in [-0.25, -0.2) is 0 Å². The van der Waals surface area contributed by atoms with Gasteiger partial charge in [0.05, 0.1) is 13.6 Å². The maximum Gasteiger partial charge on any atom is 0.247 e. The summed E-state index contributed by atoms with van der Waals surface area (Å²) in [6.45, 7) is 9.44. The molecule has 0 spiro atoms. The lowest BCUT2D eigenvalue weighted by Gasteiger charge is -2.11. The van der Waals surface area contributed by atoms with Crippen molar-refractivity contribution >= 4 is 5.84 Å². The number of amidine groups is 1. The number of hydrogen-bond donors (Lipinski definition) is 0. The van der Waals surface area contributed by atoms with E-state index in [1.165, 1.54) is 225 Å². The second-order valence-electron chi connectivity index (χ2n) is 14.5. The highest BCUT2D eigenvalue weighted by Gasteiger charge is 2.34. The van der Waals surface area contributed by atoms with E-state index in [1.807, 2.05) is 0 Å². The summed E-state index contributed by atoms with van der Waals surface area (Å²) in [4.78, 5) is 2.70. The fourth-order valence-corrected chi connectivity index (χ4v) is 7.43. The monoisotopic (exact) mass is 639 g/mol. The van der Waals surface area contributed by atoms with Crippen molar-refractivity contribution in [1.29, 1.82) is 0 Å². The van der Waals surface area contributed by atoms with Crippen LogP contribution in [-0.2, 0) is 0 Å². The molecule has 0 amide bonds. The summed E-state index contributed by atoms with van der Waals surface area (Å²) in [5, 5.41) is 0. The molecule has 0 aromatic rings. The predicted octanol–water partition coefficient (Wildman–Crippen LogP) is 10.6. The maximum atomic E-state index is 2.70. The Balaban J connectivity index is 0.0000185. The molecular formula is C41H83ClN2. The van der Waals surface area contributed by atoms with Gasteiger partial charge in [0.15, 0.2) is 0 Å². The Morgan fingerprint density at radius 1 is 0.455 bits per heavy atom. The van der Waals surface area contributed by atoms with Crippen LogP contribution in [0.2, 0.25) is 0 Å². The Morgan fingerprint density at radius 3 is 1.07 bits per heavy atom. The summed E-state index contributed by atoms with van der Waals surface area (Å²) in [5.41, 5.74) is 0. The summed E-state index contributed by atoms with van der Waals surface area (Å²) >= 11 is 0. The minimum atomic E-state index is 0. The number of nitrogens with zero attached hydrogens (tertiary/aromatic N) is 2. The maximum absolute atomic E-state index is 2.70. The van der Waals surface area contributed by atoms with E-state index in [0.717, 1.165) is 6.04 Å². The molecule has 1 unspecified atom stereocenters. The van der Waals surface area contributed by atoms with Gasteiger partial charge in [0, 0.05) is 6.42 Å². The molecule has 1 atom stereocenters. The van der Waals surface area contributed by atoms with E-state index in [9.17, 15) is 0 Å². The van der Waals surface area contributed by atoms with Crippen molar-refractivity contribution in [2.24, 2.45) is 0 Å². The number of unbranched alkanes of at least 4 members (excludes halogenated alkanes) is 29. The molecule has 0 bridgehead atoms. The summed E-state index contributed by atoms with van der Waals surface area (Å²) in [5.74, 6) is 1.65. The van der Waals surface area contributed by atoms with E-state index in [1.54, 1.807) is 5.84 Å². The highest BCUT2D eigenvalue weighted by Crippen LogP contribution is 2.20. The fourth-order valence-electron chi connectivity index (χ4n) is 7.43. The number of hydrogen-bond acceptors (Lipinski definition) is 1. The standard InChI is InChI=1S/C41H83N2.ClH/c1-5-8-10-12-14-16-18-20-22-24-25-27-29-31-33-35-37-40-39-43(7-3)41(42(40)4)38-36-34-32-30-28-26-23-21-19-17-15-13-11-9-6-2;/h40H,5-39H2,1-4H3;1H/q+1;/p-1. The van der Waals surface area contributed by atoms with Crippen molar-refractivity contribution in [3.05, 3.63) is 0 Å². The van der Waals surface area contributed by atoms with E-state index < -0.39 is 0 Å². The highest BCUT2D eigenvalue weighted by molar-refractivity contribution is 5.78. The molecule has 0 N–H and O–H groups in total. The first kappa shape index (κ1) is 43.8. The highest BCUT2D eigenvalue weighted by atomic mass is 35.5. The lowest BCUT2D eigenvalue weighted by Crippen LogP contribution is -3.00. The minimum Gasteiger partial charge on any atom is -1.00 e. The molecule has 0 saturated heterocycles. The molecule has 44 heavy (non-hydrogen) atoms. The Hall–Kier alpha value is -0.240. The second kappa shape index (κ2) is 34.1. The minimum absolute atomic E-state index is 0. The first-order valence-corrected chi connectivity index (χ1v) is 20.6. The van der Waals surface area contributed by atoms with Gasteiger partial charge in [-0.3, -0.25) is 9.48 Å². The second-order valence-corrected chi connectivity index (χ2v) is 14.5. The molecule has 1 aliphatic rings. The average Bonchev–Trinajstić information content (AvgIpc) is 3.32. The summed E-state index contributed by atoms with van der Waals surface area (Å²) in [6.07, 6.45) is 47.9. The van der Waals surface area contributed by atoms with Gasteiger partial charge in [0.1, 0.15) is 12.6 Å². The van der Waals surface area contributed by atoms with Crippen LogP contribution >= 0.6 is 0 Å². The van der Waals surface area contributed by atoms with Crippen molar-refractivity contribution < 1.29 is 17.0 Å². The molecule has 264 valence electrons. The Labute approximate surface area is 285 Å². The Morgan fingerprint density at radius 2 is 0.750 bits per heavy atom. The van der Waals surface area contributed by atoms with E-state index in [4.69, 9.17) is 0 Å². The van der Waals surface area contributed by atoms with Crippen LogP contribution in [-0.4, -0.2) is 41.5 Å². The predicted molar refractivity (Wildman–Crippen MR) is 196 cm³/mol. The van der Waals surface area contributed by atoms with Crippen molar-refractivity contribution in [3.63, 3.8) is 0 Å². The number of rotatable bonds is 34. The topological polar surface area (TPSA) is 6.25 Å². The summed E-state index contributed by atoms with van der Waals surface area (Å²) in [6, 6.07) is 0.762. The van der Waals surface area contributed by atoms with Crippen LogP contribution in [0.1, 0.15) is 233 Å².